The predicted molar refractivity (Wildman–Crippen MR) is 123 cm³/mol. The molecule has 0 aromatic heterocycles. The minimum Gasteiger partial charge on any atom is -0.357 e. The first-order chi connectivity index (χ1) is 15.0. The van der Waals surface area contributed by atoms with E-state index in [2.05, 4.69) is 5.32 Å². The molecule has 0 aliphatic carbocycles. The van der Waals surface area contributed by atoms with E-state index in [1.807, 2.05) is 13.0 Å². The van der Waals surface area contributed by atoms with Crippen LogP contribution in [0.1, 0.15) is 30.9 Å². The molecule has 0 heterocycles. The van der Waals surface area contributed by atoms with Crippen LogP contribution in [-0.2, 0) is 26.2 Å². The Labute approximate surface area is 189 Å². The number of benzene rings is 2. The van der Waals surface area contributed by atoms with Gasteiger partial charge in [0.1, 0.15) is 11.9 Å². The molecule has 2 aromatic carbocycles. The summed E-state index contributed by atoms with van der Waals surface area (Å²) in [4.78, 5) is 26.6. The minimum atomic E-state index is -3.53. The number of sulfonamides is 1. The van der Waals surface area contributed by atoms with Crippen molar-refractivity contribution in [2.75, 3.05) is 24.2 Å². The molecule has 2 aromatic rings. The highest BCUT2D eigenvalue weighted by molar-refractivity contribution is 7.92. The molecule has 0 bridgehead atoms. The van der Waals surface area contributed by atoms with Crippen LogP contribution in [0.15, 0.2) is 48.5 Å². The Hall–Kier alpha value is -2.94. The molecule has 7 nitrogen and oxygen atoms in total. The molecule has 0 aliphatic rings. The lowest BCUT2D eigenvalue weighted by molar-refractivity contribution is -0.140. The fraction of sp³-hybridized carbons (Fsp3) is 0.391. The lowest BCUT2D eigenvalue weighted by atomic mass is 10.1. The van der Waals surface area contributed by atoms with Crippen molar-refractivity contribution in [3.05, 3.63) is 65.5 Å². The third-order valence-electron chi connectivity index (χ3n) is 5.12. The van der Waals surface area contributed by atoms with Gasteiger partial charge in [0.05, 0.1) is 11.9 Å². The van der Waals surface area contributed by atoms with Crippen LogP contribution >= 0.6 is 0 Å². The minimum absolute atomic E-state index is 0.0559. The molecule has 0 spiro atoms. The molecule has 1 N–H and O–H groups in total. The summed E-state index contributed by atoms with van der Waals surface area (Å²) in [7, 11) is -2.04. The Balaban J connectivity index is 2.13. The number of likely N-dealkylation sites (N-methyl/N-ethyl adjacent to an activating group) is 1. The van der Waals surface area contributed by atoms with E-state index in [4.69, 9.17) is 0 Å². The zero-order valence-electron chi connectivity index (χ0n) is 18.8. The highest BCUT2D eigenvalue weighted by atomic mass is 32.2. The first-order valence-electron chi connectivity index (χ1n) is 10.3. The molecule has 0 radical (unpaired) electrons. The summed E-state index contributed by atoms with van der Waals surface area (Å²) in [5.41, 5.74) is 2.16. The van der Waals surface area contributed by atoms with Gasteiger partial charge in [-0.15, -0.1) is 0 Å². The number of anilines is 1. The number of halogens is 1. The zero-order chi connectivity index (χ0) is 23.9. The van der Waals surface area contributed by atoms with Crippen molar-refractivity contribution in [1.82, 2.24) is 10.2 Å². The summed E-state index contributed by atoms with van der Waals surface area (Å²) in [6.07, 6.45) is 1.46. The summed E-state index contributed by atoms with van der Waals surface area (Å²) in [5, 5.41) is 2.54. The standard InChI is InChI=1S/C23H30FN3O4S/c1-17-7-5-8-21(15-17)27(32(4,30)31)14-6-9-22(28)26(18(2)23(29)25-3)16-19-10-12-20(24)13-11-19/h5,7-8,10-13,15,18H,6,9,14,16H2,1-4H3,(H,25,29)/t18-/m0/s1. The third kappa shape index (κ3) is 7.05. The first-order valence-corrected chi connectivity index (χ1v) is 12.2. The van der Waals surface area contributed by atoms with Gasteiger partial charge in [-0.05, 0) is 55.7 Å². The first kappa shape index (κ1) is 25.3. The Morgan fingerprint density at radius 2 is 1.78 bits per heavy atom. The van der Waals surface area contributed by atoms with Crippen molar-refractivity contribution < 1.29 is 22.4 Å². The molecule has 1 atom stereocenters. The summed E-state index contributed by atoms with van der Waals surface area (Å²) < 4.78 is 39.1. The van der Waals surface area contributed by atoms with E-state index in [9.17, 15) is 22.4 Å². The second-order valence-corrected chi connectivity index (χ2v) is 9.62. The van der Waals surface area contributed by atoms with E-state index in [0.29, 0.717) is 11.3 Å². The summed E-state index contributed by atoms with van der Waals surface area (Å²) in [5.74, 6) is -0.996. The lowest BCUT2D eigenvalue weighted by Crippen LogP contribution is -2.46. The second-order valence-electron chi connectivity index (χ2n) is 7.72. The molecule has 0 unspecified atom stereocenters. The number of nitrogens with zero attached hydrogens (tertiary/aromatic N) is 2. The molecule has 0 fully saturated rings. The number of rotatable bonds is 10. The van der Waals surface area contributed by atoms with Crippen LogP contribution in [0.4, 0.5) is 10.1 Å². The van der Waals surface area contributed by atoms with E-state index in [1.165, 1.54) is 28.4 Å². The molecule has 2 rings (SSSR count). The normalized spacial score (nSPS) is 12.2. The van der Waals surface area contributed by atoms with Crippen LogP contribution in [-0.4, -0.2) is 51.0 Å². The monoisotopic (exact) mass is 463 g/mol. The number of hydrogen-bond donors (Lipinski definition) is 1. The Bertz CT molecular complexity index is 1040. The van der Waals surface area contributed by atoms with Gasteiger partial charge in [-0.3, -0.25) is 13.9 Å². The van der Waals surface area contributed by atoms with E-state index < -0.39 is 16.1 Å². The molecule has 9 heteroatoms. The summed E-state index contributed by atoms with van der Waals surface area (Å²) in [6.45, 7) is 3.77. The maximum absolute atomic E-state index is 13.2. The third-order valence-corrected chi connectivity index (χ3v) is 6.32. The predicted octanol–water partition coefficient (Wildman–Crippen LogP) is 2.84. The fourth-order valence-corrected chi connectivity index (χ4v) is 4.32. The number of nitrogens with one attached hydrogen (secondary N) is 1. The molecule has 2 amide bonds. The van der Waals surface area contributed by atoms with Crippen molar-refractivity contribution in [1.29, 1.82) is 0 Å². The molecular formula is C23H30FN3O4S. The fourth-order valence-electron chi connectivity index (χ4n) is 3.37. The van der Waals surface area contributed by atoms with Gasteiger partial charge in [0.2, 0.25) is 21.8 Å². The summed E-state index contributed by atoms with van der Waals surface area (Å²) in [6, 6.07) is 12.1. The smallest absolute Gasteiger partial charge is 0.242 e. The van der Waals surface area contributed by atoms with Crippen LogP contribution in [0.2, 0.25) is 0 Å². The van der Waals surface area contributed by atoms with Gasteiger partial charge in [-0.2, -0.15) is 0 Å². The highest BCUT2D eigenvalue weighted by Crippen LogP contribution is 2.20. The Kier molecular flexibility index (Phi) is 8.77. The summed E-state index contributed by atoms with van der Waals surface area (Å²) >= 11 is 0. The molecule has 32 heavy (non-hydrogen) atoms. The van der Waals surface area contributed by atoms with Crippen molar-refractivity contribution >= 4 is 27.5 Å². The van der Waals surface area contributed by atoms with E-state index in [1.54, 1.807) is 37.3 Å². The Morgan fingerprint density at radius 1 is 1.12 bits per heavy atom. The number of aryl methyl sites for hydroxylation is 1. The van der Waals surface area contributed by atoms with Crippen LogP contribution in [0.3, 0.4) is 0 Å². The van der Waals surface area contributed by atoms with Gasteiger partial charge in [-0.25, -0.2) is 12.8 Å². The quantitative estimate of drug-likeness (QED) is 0.587. The molecular weight excluding hydrogens is 433 g/mol. The highest BCUT2D eigenvalue weighted by Gasteiger charge is 2.26. The van der Waals surface area contributed by atoms with Crippen LogP contribution in [0, 0.1) is 12.7 Å². The van der Waals surface area contributed by atoms with Gasteiger partial charge in [0.15, 0.2) is 0 Å². The van der Waals surface area contributed by atoms with Crippen molar-refractivity contribution in [2.45, 2.75) is 39.3 Å². The van der Waals surface area contributed by atoms with Gasteiger partial charge < -0.3 is 10.2 Å². The maximum Gasteiger partial charge on any atom is 0.242 e. The van der Waals surface area contributed by atoms with Gasteiger partial charge in [-0.1, -0.05) is 24.3 Å². The van der Waals surface area contributed by atoms with Gasteiger partial charge in [0.25, 0.3) is 0 Å². The number of hydrogen-bond acceptors (Lipinski definition) is 4. The van der Waals surface area contributed by atoms with Crippen LogP contribution in [0.5, 0.6) is 0 Å². The van der Waals surface area contributed by atoms with Gasteiger partial charge >= 0.3 is 0 Å². The molecule has 0 aliphatic heterocycles. The average molecular weight is 464 g/mol. The molecule has 0 saturated heterocycles. The lowest BCUT2D eigenvalue weighted by Gasteiger charge is -2.29. The van der Waals surface area contributed by atoms with E-state index in [-0.39, 0.29) is 43.6 Å². The number of amides is 2. The van der Waals surface area contributed by atoms with Crippen molar-refractivity contribution in [3.8, 4) is 0 Å². The van der Waals surface area contributed by atoms with Gasteiger partial charge in [0, 0.05) is 26.6 Å². The number of carbonyl (C=O) groups is 2. The Morgan fingerprint density at radius 3 is 2.34 bits per heavy atom. The molecule has 0 saturated carbocycles. The number of carbonyl (C=O) groups excluding carboxylic acids is 2. The van der Waals surface area contributed by atoms with E-state index >= 15 is 0 Å². The van der Waals surface area contributed by atoms with Crippen LogP contribution < -0.4 is 9.62 Å². The van der Waals surface area contributed by atoms with Crippen LogP contribution in [0.25, 0.3) is 0 Å². The maximum atomic E-state index is 13.2. The zero-order valence-corrected chi connectivity index (χ0v) is 19.7. The SMILES string of the molecule is CNC(=O)[C@H](C)N(Cc1ccc(F)cc1)C(=O)CCCN(c1cccc(C)c1)S(C)(=O)=O. The largest absolute Gasteiger partial charge is 0.357 e. The van der Waals surface area contributed by atoms with Crippen molar-refractivity contribution in [3.63, 3.8) is 0 Å². The van der Waals surface area contributed by atoms with Crippen molar-refractivity contribution in [2.24, 2.45) is 0 Å². The molecule has 174 valence electrons. The average Bonchev–Trinajstić information content (AvgIpc) is 2.74. The van der Waals surface area contributed by atoms with E-state index in [0.717, 1.165) is 11.8 Å². The topological polar surface area (TPSA) is 86.8 Å². The second kappa shape index (κ2) is 11.1.